The number of piperidine rings is 1. The van der Waals surface area contributed by atoms with Crippen LogP contribution in [0.25, 0.3) is 5.69 Å². The zero-order valence-corrected chi connectivity index (χ0v) is 17.3. The van der Waals surface area contributed by atoms with Gasteiger partial charge >= 0.3 is 0 Å². The van der Waals surface area contributed by atoms with Gasteiger partial charge in [-0.2, -0.15) is 5.26 Å². The van der Waals surface area contributed by atoms with Gasteiger partial charge in [-0.3, -0.25) is 4.79 Å². The number of carbonyl (C=O) groups is 1. The maximum atomic E-state index is 13.0. The molecule has 1 fully saturated rings. The van der Waals surface area contributed by atoms with E-state index in [0.717, 1.165) is 18.5 Å². The number of nitrogens with one attached hydrogen (secondary N) is 1. The maximum absolute atomic E-state index is 13.0. The van der Waals surface area contributed by atoms with E-state index in [1.807, 2.05) is 4.90 Å². The van der Waals surface area contributed by atoms with E-state index < -0.39 is 0 Å². The minimum atomic E-state index is -0.167. The van der Waals surface area contributed by atoms with Crippen LogP contribution in [0.1, 0.15) is 45.6 Å². The topological polar surface area (TPSA) is 61.1 Å². The fourth-order valence-corrected chi connectivity index (χ4v) is 4.84. The van der Waals surface area contributed by atoms with Crippen molar-refractivity contribution < 1.29 is 4.79 Å². The van der Waals surface area contributed by atoms with Crippen LogP contribution < -0.4 is 5.32 Å². The molecule has 2 aromatic carbocycles. The van der Waals surface area contributed by atoms with Gasteiger partial charge in [-0.15, -0.1) is 0 Å². The van der Waals surface area contributed by atoms with Gasteiger partial charge in [0.1, 0.15) is 0 Å². The molecule has 5 heteroatoms. The molecule has 150 valence electrons. The van der Waals surface area contributed by atoms with Gasteiger partial charge < -0.3 is 14.8 Å². The van der Waals surface area contributed by atoms with E-state index in [4.69, 9.17) is 5.26 Å². The zero-order valence-electron chi connectivity index (χ0n) is 17.3. The lowest BCUT2D eigenvalue weighted by Gasteiger charge is -2.46. The molecular weight excluding hydrogens is 372 g/mol. The van der Waals surface area contributed by atoms with Crippen molar-refractivity contribution in [1.29, 1.82) is 5.26 Å². The third-order valence-corrected chi connectivity index (χ3v) is 6.72. The molecule has 2 aliphatic heterocycles. The molecular formula is C25H24N4O. The Kier molecular flexibility index (Phi) is 4.18. The summed E-state index contributed by atoms with van der Waals surface area (Å²) in [5.41, 5.74) is 7.29. The number of hydrogen-bond donors (Lipinski definition) is 1. The third kappa shape index (κ3) is 2.72. The molecule has 0 radical (unpaired) electrons. The van der Waals surface area contributed by atoms with Crippen molar-refractivity contribution in [2.75, 3.05) is 18.4 Å². The number of rotatable bonds is 1. The van der Waals surface area contributed by atoms with Crippen LogP contribution in [0.5, 0.6) is 0 Å². The van der Waals surface area contributed by atoms with Gasteiger partial charge in [-0.05, 0) is 80.3 Å². The molecule has 30 heavy (non-hydrogen) atoms. The van der Waals surface area contributed by atoms with Crippen molar-refractivity contribution in [3.8, 4) is 11.8 Å². The van der Waals surface area contributed by atoms with E-state index in [1.165, 1.54) is 22.5 Å². The molecule has 3 heterocycles. The van der Waals surface area contributed by atoms with E-state index in [-0.39, 0.29) is 11.4 Å². The molecule has 0 bridgehead atoms. The Morgan fingerprint density at radius 1 is 1.07 bits per heavy atom. The molecule has 1 amide bonds. The largest absolute Gasteiger partial charge is 0.372 e. The lowest BCUT2D eigenvalue weighted by atomic mass is 9.81. The molecule has 1 spiro atoms. The Bertz CT molecular complexity index is 1170. The average molecular weight is 396 g/mol. The Hall–Kier alpha value is -3.52. The molecule has 1 aromatic heterocycles. The number of hydrogen-bond acceptors (Lipinski definition) is 3. The molecule has 1 saturated heterocycles. The first-order valence-corrected chi connectivity index (χ1v) is 10.4. The van der Waals surface area contributed by atoms with Crippen LogP contribution >= 0.6 is 0 Å². The summed E-state index contributed by atoms with van der Waals surface area (Å²) in [6, 6.07) is 17.7. The number of carbonyl (C=O) groups excluding carboxylic acids is 1. The van der Waals surface area contributed by atoms with Crippen molar-refractivity contribution in [2.45, 2.75) is 32.2 Å². The van der Waals surface area contributed by atoms with Gasteiger partial charge in [-0.1, -0.05) is 6.07 Å². The van der Waals surface area contributed by atoms with Crippen molar-refractivity contribution in [1.82, 2.24) is 9.47 Å². The van der Waals surface area contributed by atoms with Crippen LogP contribution in [-0.4, -0.2) is 28.5 Å². The van der Waals surface area contributed by atoms with Gasteiger partial charge in [0.15, 0.2) is 0 Å². The minimum Gasteiger partial charge on any atom is -0.372 e. The van der Waals surface area contributed by atoms with Gasteiger partial charge in [0.2, 0.25) is 0 Å². The summed E-state index contributed by atoms with van der Waals surface area (Å²) in [5, 5.41) is 12.8. The summed E-state index contributed by atoms with van der Waals surface area (Å²) in [5.74, 6) is 0.0346. The molecule has 0 unspecified atom stereocenters. The number of fused-ring (bicyclic) bond motifs is 4. The number of amides is 1. The fraction of sp³-hybridized carbons (Fsp3) is 0.280. The first-order chi connectivity index (χ1) is 14.5. The molecule has 5 nitrogen and oxygen atoms in total. The summed E-state index contributed by atoms with van der Waals surface area (Å²) in [4.78, 5) is 14.9. The highest BCUT2D eigenvalue weighted by Gasteiger charge is 2.42. The van der Waals surface area contributed by atoms with Gasteiger partial charge in [0.25, 0.3) is 5.91 Å². The van der Waals surface area contributed by atoms with Gasteiger partial charge in [0, 0.05) is 30.5 Å². The highest BCUT2D eigenvalue weighted by molar-refractivity contribution is 5.94. The minimum absolute atomic E-state index is 0.0346. The Morgan fingerprint density at radius 3 is 2.50 bits per heavy atom. The standard InChI is InChI=1S/C25H24N4O/c1-17-5-10-21-23(18(17)2)29-13-3-4-22(29)25(27-21)11-14-28(15-12-25)24(30)20-8-6-19(16-26)7-9-20/h3-10,13,27H,11-12,14-15H2,1-2H3. The molecule has 0 aliphatic carbocycles. The molecule has 3 aromatic rings. The zero-order chi connectivity index (χ0) is 20.9. The second-order valence-corrected chi connectivity index (χ2v) is 8.36. The summed E-state index contributed by atoms with van der Waals surface area (Å²) >= 11 is 0. The number of aromatic nitrogens is 1. The molecule has 5 rings (SSSR count). The van der Waals surface area contributed by atoms with Crippen molar-refractivity contribution in [2.24, 2.45) is 0 Å². The first-order valence-electron chi connectivity index (χ1n) is 10.4. The van der Waals surface area contributed by atoms with E-state index in [9.17, 15) is 4.79 Å². The number of anilines is 1. The number of benzene rings is 2. The van der Waals surface area contributed by atoms with Crippen molar-refractivity contribution in [3.63, 3.8) is 0 Å². The predicted octanol–water partition coefficient (Wildman–Crippen LogP) is 4.52. The highest BCUT2D eigenvalue weighted by Crippen LogP contribution is 2.44. The molecule has 2 aliphatic rings. The lowest BCUT2D eigenvalue weighted by Crippen LogP contribution is -2.51. The summed E-state index contributed by atoms with van der Waals surface area (Å²) in [7, 11) is 0. The number of aryl methyl sites for hydroxylation is 1. The average Bonchev–Trinajstić information content (AvgIpc) is 3.27. The summed E-state index contributed by atoms with van der Waals surface area (Å²) in [6.45, 7) is 5.71. The quantitative estimate of drug-likeness (QED) is 0.658. The normalized spacial score (nSPS) is 16.4. The summed E-state index contributed by atoms with van der Waals surface area (Å²) < 4.78 is 2.33. The Labute approximate surface area is 176 Å². The molecule has 0 saturated carbocycles. The Morgan fingerprint density at radius 2 is 1.80 bits per heavy atom. The highest BCUT2D eigenvalue weighted by atomic mass is 16.2. The van der Waals surface area contributed by atoms with E-state index in [2.05, 4.69) is 60.3 Å². The van der Waals surface area contributed by atoms with Crippen LogP contribution in [0.2, 0.25) is 0 Å². The van der Waals surface area contributed by atoms with Crippen LogP contribution in [0.3, 0.4) is 0 Å². The predicted molar refractivity (Wildman–Crippen MR) is 117 cm³/mol. The number of nitriles is 1. The third-order valence-electron chi connectivity index (χ3n) is 6.72. The summed E-state index contributed by atoms with van der Waals surface area (Å²) in [6.07, 6.45) is 3.86. The van der Waals surface area contributed by atoms with Crippen LogP contribution in [0.15, 0.2) is 54.7 Å². The SMILES string of the molecule is Cc1ccc2c(c1C)-n1cccc1C1(CCN(C(=O)c3ccc(C#N)cc3)CC1)N2. The number of nitrogens with zero attached hydrogens (tertiary/aromatic N) is 3. The van der Waals surface area contributed by atoms with Crippen LogP contribution in [-0.2, 0) is 5.54 Å². The second kappa shape index (κ2) is 6.77. The monoisotopic (exact) mass is 396 g/mol. The Balaban J connectivity index is 1.41. The van der Waals surface area contributed by atoms with Crippen molar-refractivity contribution in [3.05, 3.63) is 82.7 Å². The maximum Gasteiger partial charge on any atom is 0.253 e. The van der Waals surface area contributed by atoms with Crippen LogP contribution in [0.4, 0.5) is 5.69 Å². The lowest BCUT2D eigenvalue weighted by molar-refractivity contribution is 0.0676. The number of likely N-dealkylation sites (tertiary alicyclic amines) is 1. The van der Waals surface area contributed by atoms with E-state index in [0.29, 0.717) is 24.2 Å². The second-order valence-electron chi connectivity index (χ2n) is 8.36. The molecule has 1 N–H and O–H groups in total. The fourth-order valence-electron chi connectivity index (χ4n) is 4.84. The van der Waals surface area contributed by atoms with E-state index >= 15 is 0 Å². The van der Waals surface area contributed by atoms with Gasteiger partial charge in [0.05, 0.1) is 28.5 Å². The molecule has 0 atom stereocenters. The smallest absolute Gasteiger partial charge is 0.253 e. The van der Waals surface area contributed by atoms with E-state index in [1.54, 1.807) is 24.3 Å². The first kappa shape index (κ1) is 18.5. The van der Waals surface area contributed by atoms with Gasteiger partial charge in [-0.25, -0.2) is 0 Å². The van der Waals surface area contributed by atoms with Crippen molar-refractivity contribution >= 4 is 11.6 Å². The van der Waals surface area contributed by atoms with Crippen LogP contribution in [0, 0.1) is 25.2 Å².